The summed E-state index contributed by atoms with van der Waals surface area (Å²) < 4.78 is 34.6. The average Bonchev–Trinajstić information content (AvgIpc) is 3.24. The summed E-state index contributed by atoms with van der Waals surface area (Å²) in [6.07, 6.45) is 2.19. The summed E-state index contributed by atoms with van der Waals surface area (Å²) in [5.74, 6) is -1.82. The first-order valence-electron chi connectivity index (χ1n) is 25.8. The van der Waals surface area contributed by atoms with E-state index in [9.17, 15) is 28.8 Å². The Kier molecular flexibility index (Phi) is 20.2. The van der Waals surface area contributed by atoms with Gasteiger partial charge in [0.2, 0.25) is 0 Å². The smallest absolute Gasteiger partial charge is 0.407 e. The van der Waals surface area contributed by atoms with Crippen LogP contribution >= 0.6 is 0 Å². The highest BCUT2D eigenvalue weighted by Crippen LogP contribution is 2.49. The normalized spacial score (nSPS) is 25.5. The highest BCUT2D eigenvalue weighted by atomic mass is 16.6. The predicted molar refractivity (Wildman–Crippen MR) is 279 cm³/mol. The Morgan fingerprint density at radius 2 is 0.627 bits per heavy atom. The number of hydrogen-bond acceptors (Lipinski definition) is 15. The minimum absolute atomic E-state index is 0.0989. The van der Waals surface area contributed by atoms with Gasteiger partial charge in [0.05, 0.1) is 0 Å². The minimum Gasteiger partial charge on any atom is -0.459 e. The summed E-state index contributed by atoms with van der Waals surface area (Å²) in [5.41, 5.74) is -5.23. The molecule has 420 valence electrons. The van der Waals surface area contributed by atoms with Crippen molar-refractivity contribution in [1.29, 1.82) is 0 Å². The molecule has 0 saturated heterocycles. The first-order valence-corrected chi connectivity index (χ1v) is 25.8. The average molecular weight is 1060 g/mol. The van der Waals surface area contributed by atoms with Crippen LogP contribution in [0.15, 0.2) is 50.8 Å². The van der Waals surface area contributed by atoms with Crippen LogP contribution in [-0.4, -0.2) is 108 Å². The topological polar surface area (TPSA) is 260 Å². The van der Waals surface area contributed by atoms with E-state index in [0.717, 1.165) is 13.7 Å². The zero-order chi connectivity index (χ0) is 56.5. The largest absolute Gasteiger partial charge is 0.459 e. The van der Waals surface area contributed by atoms with E-state index < -0.39 is 104 Å². The number of carbonyl (C=O) groups excluding carboxylic acids is 6. The van der Waals surface area contributed by atoms with Gasteiger partial charge in [-0.05, 0) is 111 Å². The molecule has 3 fully saturated rings. The minimum atomic E-state index is -0.790. The fourth-order valence-corrected chi connectivity index (χ4v) is 12.6. The molecule has 3 aliphatic carbocycles. The van der Waals surface area contributed by atoms with Crippen LogP contribution in [0.3, 0.4) is 0 Å². The summed E-state index contributed by atoms with van der Waals surface area (Å²) in [6, 6.07) is -1.32. The standard InChI is InChI=1S/C54H84N6O15/c1-34(2)40(61)70-16-19-73-43(64)55-37-22-49(7,8)28-52(13,25-37)31-58-46(67)59(32-53(14)26-38(23-50(9,10)29-53)56-44(65)74-20-17-71-41(62)35(3)4)48(69)60(47(58)68)33-54(15)27-39(24-51(11,12)30-54)57-45(66)75-21-18-72-42(63)36(5)6/h37-39H,1,3,5,16-33H2,2,4,6-15H3,(H,55,64)(H,56,65)(H,57,66). The summed E-state index contributed by atoms with van der Waals surface area (Å²) >= 11 is 0. The molecule has 0 aliphatic heterocycles. The molecule has 1 heterocycles. The maximum atomic E-state index is 15.1. The summed E-state index contributed by atoms with van der Waals surface area (Å²) in [5, 5.41) is 8.80. The lowest BCUT2D eigenvalue weighted by atomic mass is 9.62. The van der Waals surface area contributed by atoms with Crippen LogP contribution in [0.25, 0.3) is 0 Å². The molecule has 0 aromatic carbocycles. The van der Waals surface area contributed by atoms with Crippen molar-refractivity contribution in [2.24, 2.45) is 32.5 Å². The van der Waals surface area contributed by atoms with Crippen molar-refractivity contribution in [3.8, 4) is 0 Å². The molecular weight excluding hydrogens is 973 g/mol. The van der Waals surface area contributed by atoms with Crippen molar-refractivity contribution in [1.82, 2.24) is 29.7 Å². The van der Waals surface area contributed by atoms with E-state index in [-0.39, 0.29) is 76.0 Å². The predicted octanol–water partition coefficient (Wildman–Crippen LogP) is 6.46. The molecule has 0 spiro atoms. The van der Waals surface area contributed by atoms with Crippen molar-refractivity contribution in [3.05, 3.63) is 67.9 Å². The second-order valence-corrected chi connectivity index (χ2v) is 25.0. The van der Waals surface area contributed by atoms with Crippen molar-refractivity contribution in [2.75, 3.05) is 39.6 Å². The van der Waals surface area contributed by atoms with Gasteiger partial charge in [-0.25, -0.2) is 56.9 Å². The van der Waals surface area contributed by atoms with Crippen LogP contribution in [0.1, 0.15) is 141 Å². The third kappa shape index (κ3) is 18.6. The third-order valence-electron chi connectivity index (χ3n) is 14.0. The molecule has 4 rings (SSSR count). The number of rotatable bonds is 21. The van der Waals surface area contributed by atoms with Crippen molar-refractivity contribution < 1.29 is 57.2 Å². The van der Waals surface area contributed by atoms with Gasteiger partial charge < -0.3 is 44.4 Å². The van der Waals surface area contributed by atoms with Crippen LogP contribution in [0.2, 0.25) is 0 Å². The SMILES string of the molecule is C=C(C)C(=O)OCCOC(=O)NC1CC(C)(C)CC(C)(Cn2c(=O)n(CC3(C)CC(NC(=O)OCCOC(=O)C(=C)C)CC(C)(C)C3)c(=O)n(CC3(C)CC(NC(=O)OCCOC(=O)C(=C)C)CC(C)(C)C3)c2=O)C1. The van der Waals surface area contributed by atoms with Gasteiger partial charge in [-0.1, -0.05) is 82.1 Å². The number of nitrogens with zero attached hydrogens (tertiary/aromatic N) is 3. The lowest BCUT2D eigenvalue weighted by molar-refractivity contribution is -0.140. The van der Waals surface area contributed by atoms with Crippen molar-refractivity contribution in [2.45, 2.75) is 179 Å². The summed E-state index contributed by atoms with van der Waals surface area (Å²) in [4.78, 5) is 120. The molecule has 3 aliphatic rings. The molecule has 21 nitrogen and oxygen atoms in total. The zero-order valence-corrected chi connectivity index (χ0v) is 46.5. The van der Waals surface area contributed by atoms with E-state index in [1.807, 2.05) is 62.3 Å². The number of ether oxygens (including phenoxy) is 6. The molecule has 0 bridgehead atoms. The van der Waals surface area contributed by atoms with E-state index in [1.165, 1.54) is 20.8 Å². The Bertz CT molecular complexity index is 2240. The van der Waals surface area contributed by atoms with E-state index >= 15 is 14.4 Å². The zero-order valence-electron chi connectivity index (χ0n) is 46.5. The first-order chi connectivity index (χ1) is 34.5. The molecule has 3 saturated carbocycles. The lowest BCUT2D eigenvalue weighted by Gasteiger charge is -2.48. The van der Waals surface area contributed by atoms with Crippen LogP contribution in [0.5, 0.6) is 0 Å². The van der Waals surface area contributed by atoms with Gasteiger partial charge in [-0.2, -0.15) is 0 Å². The molecular formula is C54H84N6O15. The molecule has 75 heavy (non-hydrogen) atoms. The highest BCUT2D eigenvalue weighted by molar-refractivity contribution is 5.87. The first kappa shape index (κ1) is 61.4. The Morgan fingerprint density at radius 1 is 0.413 bits per heavy atom. The number of amides is 3. The van der Waals surface area contributed by atoms with Gasteiger partial charge in [-0.15, -0.1) is 0 Å². The second kappa shape index (κ2) is 24.7. The molecule has 0 radical (unpaired) electrons. The number of alkyl carbamates (subject to hydrolysis) is 3. The summed E-state index contributed by atoms with van der Waals surface area (Å²) in [7, 11) is 0. The van der Waals surface area contributed by atoms with Crippen LogP contribution in [0, 0.1) is 32.5 Å². The fourth-order valence-electron chi connectivity index (χ4n) is 12.6. The van der Waals surface area contributed by atoms with Crippen molar-refractivity contribution >= 4 is 36.2 Å². The van der Waals surface area contributed by atoms with Crippen LogP contribution in [0.4, 0.5) is 14.4 Å². The highest BCUT2D eigenvalue weighted by Gasteiger charge is 2.47. The Morgan fingerprint density at radius 3 is 0.840 bits per heavy atom. The molecule has 1 aromatic rings. The third-order valence-corrected chi connectivity index (χ3v) is 14.0. The van der Waals surface area contributed by atoms with Gasteiger partial charge in [0.15, 0.2) is 0 Å². The van der Waals surface area contributed by atoms with E-state index in [1.54, 1.807) is 0 Å². The van der Waals surface area contributed by atoms with E-state index in [0.29, 0.717) is 57.8 Å². The van der Waals surface area contributed by atoms with Gasteiger partial charge in [-0.3, -0.25) is 0 Å². The summed E-state index contributed by atoms with van der Waals surface area (Å²) in [6.45, 7) is 31.9. The number of nitrogens with one attached hydrogen (secondary N) is 3. The van der Waals surface area contributed by atoms with Gasteiger partial charge in [0.25, 0.3) is 0 Å². The monoisotopic (exact) mass is 1060 g/mol. The molecule has 3 amide bonds. The maximum Gasteiger partial charge on any atom is 0.407 e. The Balaban J connectivity index is 1.70. The van der Waals surface area contributed by atoms with Crippen molar-refractivity contribution in [3.63, 3.8) is 0 Å². The molecule has 1 aromatic heterocycles. The van der Waals surface area contributed by atoms with Crippen LogP contribution < -0.4 is 33.0 Å². The van der Waals surface area contributed by atoms with Gasteiger partial charge in [0, 0.05) is 54.5 Å². The van der Waals surface area contributed by atoms with E-state index in [4.69, 9.17) is 28.4 Å². The lowest BCUT2D eigenvalue weighted by Crippen LogP contribution is -2.60. The maximum absolute atomic E-state index is 15.1. The van der Waals surface area contributed by atoms with Gasteiger partial charge >= 0.3 is 53.3 Å². The number of hydrogen-bond donors (Lipinski definition) is 3. The molecule has 6 unspecified atom stereocenters. The molecule has 3 N–H and O–H groups in total. The van der Waals surface area contributed by atoms with E-state index in [2.05, 4.69) is 35.7 Å². The number of esters is 3. The van der Waals surface area contributed by atoms with Crippen LogP contribution in [-0.2, 0) is 62.4 Å². The number of aromatic nitrogens is 3. The molecule has 21 heteroatoms. The Labute approximate surface area is 440 Å². The van der Waals surface area contributed by atoms with Gasteiger partial charge in [0.1, 0.15) is 39.6 Å². The Hall–Kier alpha value is -6.15. The molecule has 6 atom stereocenters. The quantitative estimate of drug-likeness (QED) is 0.0516. The fraction of sp³-hybridized carbons (Fsp3) is 0.722. The second-order valence-electron chi connectivity index (χ2n) is 25.0. The number of carbonyl (C=O) groups is 6.